The second-order valence-corrected chi connectivity index (χ2v) is 4.75. The average molecular weight is 221 g/mol. The Labute approximate surface area is 93.8 Å². The highest BCUT2D eigenvalue weighted by molar-refractivity contribution is 5.80. The van der Waals surface area contributed by atoms with E-state index in [1.54, 1.807) is 0 Å². The van der Waals surface area contributed by atoms with Crippen LogP contribution in [0.25, 0.3) is 0 Å². The number of aryl methyl sites for hydroxylation is 1. The van der Waals surface area contributed by atoms with Crippen LogP contribution in [-0.4, -0.2) is 34.0 Å². The smallest absolute Gasteiger partial charge is 0.233 e. The summed E-state index contributed by atoms with van der Waals surface area (Å²) in [6.45, 7) is 3.30. The van der Waals surface area contributed by atoms with Gasteiger partial charge in [-0.15, -0.1) is 0 Å². The zero-order chi connectivity index (χ0) is 11.1. The molecule has 0 aromatic carbocycles. The van der Waals surface area contributed by atoms with E-state index in [1.165, 1.54) is 6.42 Å². The molecule has 1 aliphatic heterocycles. The summed E-state index contributed by atoms with van der Waals surface area (Å²) in [7, 11) is 0. The fraction of sp³-hybridized carbons (Fsp3) is 0.727. The van der Waals surface area contributed by atoms with Crippen LogP contribution in [0.2, 0.25) is 0 Å². The maximum absolute atomic E-state index is 11.8. The predicted molar refractivity (Wildman–Crippen MR) is 55.7 cm³/mol. The van der Waals surface area contributed by atoms with Crippen molar-refractivity contribution in [3.63, 3.8) is 0 Å². The third kappa shape index (κ3) is 1.50. The number of hydrogen-bond donors (Lipinski definition) is 0. The third-order valence-electron chi connectivity index (χ3n) is 3.54. The van der Waals surface area contributed by atoms with Gasteiger partial charge < -0.3 is 9.42 Å². The van der Waals surface area contributed by atoms with Crippen molar-refractivity contribution < 1.29 is 9.32 Å². The largest absolute Gasteiger partial charge is 0.341 e. The fourth-order valence-corrected chi connectivity index (χ4v) is 2.21. The second kappa shape index (κ2) is 3.57. The SMILES string of the molecule is Cc1noc(C2CN(C(=O)C3CCC3)C2)n1. The molecule has 1 aromatic rings. The molecule has 1 amide bonds. The number of carbonyl (C=O) groups is 1. The summed E-state index contributed by atoms with van der Waals surface area (Å²) in [5.74, 6) is 2.21. The van der Waals surface area contributed by atoms with Crippen LogP contribution in [0.5, 0.6) is 0 Å². The van der Waals surface area contributed by atoms with Crippen LogP contribution in [0.3, 0.4) is 0 Å². The van der Waals surface area contributed by atoms with E-state index < -0.39 is 0 Å². The molecule has 0 bridgehead atoms. The molecule has 5 heteroatoms. The molecule has 3 rings (SSSR count). The first-order valence-electron chi connectivity index (χ1n) is 5.83. The standard InChI is InChI=1S/C11H15N3O2/c1-7-12-10(16-13-7)9-5-14(6-9)11(15)8-3-2-4-8/h8-9H,2-6H2,1H3. The summed E-state index contributed by atoms with van der Waals surface area (Å²) in [6.07, 6.45) is 3.34. The number of aromatic nitrogens is 2. The highest BCUT2D eigenvalue weighted by atomic mass is 16.5. The topological polar surface area (TPSA) is 59.2 Å². The quantitative estimate of drug-likeness (QED) is 0.750. The molecular formula is C11H15N3O2. The van der Waals surface area contributed by atoms with Gasteiger partial charge in [0, 0.05) is 19.0 Å². The van der Waals surface area contributed by atoms with Crippen molar-refractivity contribution >= 4 is 5.91 Å². The lowest BCUT2D eigenvalue weighted by Crippen LogP contribution is -2.51. The normalized spacial score (nSPS) is 21.7. The number of carbonyl (C=O) groups excluding carboxylic acids is 1. The second-order valence-electron chi connectivity index (χ2n) is 4.75. The van der Waals surface area contributed by atoms with E-state index >= 15 is 0 Å². The highest BCUT2D eigenvalue weighted by Crippen LogP contribution is 2.33. The molecule has 16 heavy (non-hydrogen) atoms. The number of nitrogens with zero attached hydrogens (tertiary/aromatic N) is 3. The Morgan fingerprint density at radius 1 is 1.44 bits per heavy atom. The van der Waals surface area contributed by atoms with Gasteiger partial charge in [0.2, 0.25) is 11.8 Å². The minimum Gasteiger partial charge on any atom is -0.341 e. The van der Waals surface area contributed by atoms with Crippen LogP contribution in [0.1, 0.15) is 36.9 Å². The monoisotopic (exact) mass is 221 g/mol. The minimum atomic E-state index is 0.255. The van der Waals surface area contributed by atoms with Gasteiger partial charge in [-0.25, -0.2) is 0 Å². The first kappa shape index (κ1) is 9.81. The lowest BCUT2D eigenvalue weighted by atomic mass is 9.83. The zero-order valence-corrected chi connectivity index (χ0v) is 9.35. The van der Waals surface area contributed by atoms with Crippen molar-refractivity contribution in [2.75, 3.05) is 13.1 Å². The van der Waals surface area contributed by atoms with Crippen LogP contribution >= 0.6 is 0 Å². The van der Waals surface area contributed by atoms with E-state index in [0.29, 0.717) is 23.5 Å². The van der Waals surface area contributed by atoms with Gasteiger partial charge in [0.05, 0.1) is 5.92 Å². The Hall–Kier alpha value is -1.39. The van der Waals surface area contributed by atoms with Gasteiger partial charge in [0.25, 0.3) is 0 Å². The summed E-state index contributed by atoms with van der Waals surface area (Å²) in [6, 6.07) is 0. The molecule has 1 aliphatic carbocycles. The molecule has 86 valence electrons. The first-order valence-corrected chi connectivity index (χ1v) is 5.83. The summed E-state index contributed by atoms with van der Waals surface area (Å²) < 4.78 is 5.10. The van der Waals surface area contributed by atoms with Crippen LogP contribution in [0.15, 0.2) is 4.52 Å². The van der Waals surface area contributed by atoms with E-state index in [4.69, 9.17) is 4.52 Å². The zero-order valence-electron chi connectivity index (χ0n) is 9.35. The maximum Gasteiger partial charge on any atom is 0.233 e. The molecule has 0 unspecified atom stereocenters. The van der Waals surface area contributed by atoms with Gasteiger partial charge in [-0.3, -0.25) is 4.79 Å². The number of amides is 1. The first-order chi connectivity index (χ1) is 7.74. The summed E-state index contributed by atoms with van der Waals surface area (Å²) in [5.41, 5.74) is 0. The molecule has 2 fully saturated rings. The van der Waals surface area contributed by atoms with Gasteiger partial charge in [-0.2, -0.15) is 4.98 Å². The van der Waals surface area contributed by atoms with Crippen molar-refractivity contribution in [1.82, 2.24) is 15.0 Å². The van der Waals surface area contributed by atoms with Crippen LogP contribution in [0, 0.1) is 12.8 Å². The maximum atomic E-state index is 11.8. The van der Waals surface area contributed by atoms with Gasteiger partial charge >= 0.3 is 0 Å². The number of rotatable bonds is 2. The van der Waals surface area contributed by atoms with Gasteiger partial charge in [-0.1, -0.05) is 11.6 Å². The van der Waals surface area contributed by atoms with Gasteiger partial charge in [0.15, 0.2) is 5.82 Å². The van der Waals surface area contributed by atoms with E-state index in [0.717, 1.165) is 25.9 Å². The average Bonchev–Trinajstić information content (AvgIpc) is 2.45. The summed E-state index contributed by atoms with van der Waals surface area (Å²) in [4.78, 5) is 17.9. The van der Waals surface area contributed by atoms with E-state index in [-0.39, 0.29) is 5.92 Å². The van der Waals surface area contributed by atoms with E-state index in [9.17, 15) is 4.79 Å². The van der Waals surface area contributed by atoms with Crippen molar-refractivity contribution in [3.8, 4) is 0 Å². The lowest BCUT2D eigenvalue weighted by Gasteiger charge is -2.41. The molecule has 1 saturated heterocycles. The van der Waals surface area contributed by atoms with Crippen LogP contribution < -0.4 is 0 Å². The Balaban J connectivity index is 1.56. The molecule has 0 radical (unpaired) electrons. The molecule has 0 spiro atoms. The molecule has 0 atom stereocenters. The molecule has 2 aliphatic rings. The Morgan fingerprint density at radius 3 is 2.69 bits per heavy atom. The van der Waals surface area contributed by atoms with Crippen molar-refractivity contribution in [1.29, 1.82) is 0 Å². The molecular weight excluding hydrogens is 206 g/mol. The Bertz CT molecular complexity index is 405. The van der Waals surface area contributed by atoms with Crippen molar-refractivity contribution in [2.24, 2.45) is 5.92 Å². The summed E-state index contributed by atoms with van der Waals surface area (Å²) in [5, 5.41) is 3.76. The molecule has 2 heterocycles. The lowest BCUT2D eigenvalue weighted by molar-refractivity contribution is -0.143. The van der Waals surface area contributed by atoms with E-state index in [1.807, 2.05) is 11.8 Å². The number of hydrogen-bond acceptors (Lipinski definition) is 4. The van der Waals surface area contributed by atoms with Gasteiger partial charge in [0.1, 0.15) is 0 Å². The van der Waals surface area contributed by atoms with Crippen LogP contribution in [0.4, 0.5) is 0 Å². The van der Waals surface area contributed by atoms with Crippen molar-refractivity contribution in [2.45, 2.75) is 32.1 Å². The van der Waals surface area contributed by atoms with Gasteiger partial charge in [-0.05, 0) is 19.8 Å². The minimum absolute atomic E-state index is 0.255. The third-order valence-corrected chi connectivity index (χ3v) is 3.54. The predicted octanol–water partition coefficient (Wildman–Crippen LogP) is 1.10. The molecule has 5 nitrogen and oxygen atoms in total. The Kier molecular flexibility index (Phi) is 2.19. The van der Waals surface area contributed by atoms with Crippen molar-refractivity contribution in [3.05, 3.63) is 11.7 Å². The Morgan fingerprint density at radius 2 is 2.19 bits per heavy atom. The van der Waals surface area contributed by atoms with Crippen LogP contribution in [-0.2, 0) is 4.79 Å². The molecule has 0 N–H and O–H groups in total. The molecule has 1 aromatic heterocycles. The number of likely N-dealkylation sites (tertiary alicyclic amines) is 1. The highest BCUT2D eigenvalue weighted by Gasteiger charge is 2.39. The summed E-state index contributed by atoms with van der Waals surface area (Å²) >= 11 is 0. The molecule has 1 saturated carbocycles. The van der Waals surface area contributed by atoms with E-state index in [2.05, 4.69) is 10.1 Å². The fourth-order valence-electron chi connectivity index (χ4n) is 2.21.